The van der Waals surface area contributed by atoms with Gasteiger partial charge in [0, 0.05) is 30.7 Å². The summed E-state index contributed by atoms with van der Waals surface area (Å²) in [5.41, 5.74) is 2.28. The number of aromatic nitrogens is 4. The van der Waals surface area contributed by atoms with Crippen LogP contribution in [0, 0.1) is 6.92 Å². The smallest absolute Gasteiger partial charge is 0.202 e. The van der Waals surface area contributed by atoms with Gasteiger partial charge in [-0.1, -0.05) is 0 Å². The van der Waals surface area contributed by atoms with Gasteiger partial charge in [-0.15, -0.1) is 0 Å². The highest BCUT2D eigenvalue weighted by Gasteiger charge is 2.04. The molecule has 5 heteroatoms. The van der Waals surface area contributed by atoms with Crippen molar-refractivity contribution in [3.63, 3.8) is 0 Å². The number of nitrogens with zero attached hydrogens (tertiary/aromatic N) is 3. The summed E-state index contributed by atoms with van der Waals surface area (Å²) in [7, 11) is 1.86. The molecule has 2 rings (SSSR count). The number of H-pyrrole nitrogens is 1. The van der Waals surface area contributed by atoms with Gasteiger partial charge in [-0.3, -0.25) is 5.10 Å². The zero-order valence-corrected chi connectivity index (χ0v) is 8.28. The van der Waals surface area contributed by atoms with Crippen molar-refractivity contribution in [3.8, 4) is 0 Å². The summed E-state index contributed by atoms with van der Waals surface area (Å²) in [6.07, 6.45) is 5.56. The van der Waals surface area contributed by atoms with E-state index in [4.69, 9.17) is 0 Å². The number of imidazole rings is 1. The Morgan fingerprint density at radius 1 is 1.57 bits per heavy atom. The summed E-state index contributed by atoms with van der Waals surface area (Å²) in [5, 5.41) is 9.92. The predicted molar refractivity (Wildman–Crippen MR) is 54.2 cm³/mol. The maximum absolute atomic E-state index is 4.17. The lowest BCUT2D eigenvalue weighted by Gasteiger charge is -2.05. The molecule has 74 valence electrons. The fraction of sp³-hybridized carbons (Fsp3) is 0.333. The van der Waals surface area contributed by atoms with Crippen molar-refractivity contribution in [2.24, 2.45) is 0 Å². The van der Waals surface area contributed by atoms with Crippen molar-refractivity contribution in [2.75, 3.05) is 12.4 Å². The third kappa shape index (κ3) is 1.48. The lowest BCUT2D eigenvalue weighted by molar-refractivity contribution is 0.800. The molecule has 0 radical (unpaired) electrons. The van der Waals surface area contributed by atoms with Crippen LogP contribution in [-0.2, 0) is 6.54 Å². The number of aryl methyl sites for hydroxylation is 1. The molecule has 0 bridgehead atoms. The molecule has 0 spiro atoms. The van der Waals surface area contributed by atoms with Gasteiger partial charge in [0.1, 0.15) is 0 Å². The molecular weight excluding hydrogens is 178 g/mol. The highest BCUT2D eigenvalue weighted by molar-refractivity contribution is 5.27. The average molecular weight is 191 g/mol. The Bertz CT molecular complexity index is 414. The lowest BCUT2D eigenvalue weighted by Crippen LogP contribution is -2.04. The molecule has 0 atom stereocenters. The lowest BCUT2D eigenvalue weighted by atomic mass is 10.2. The van der Waals surface area contributed by atoms with Crippen molar-refractivity contribution >= 4 is 5.95 Å². The number of hydrogen-bond acceptors (Lipinski definition) is 3. The van der Waals surface area contributed by atoms with Crippen LogP contribution in [0.5, 0.6) is 0 Å². The summed E-state index contributed by atoms with van der Waals surface area (Å²) >= 11 is 0. The number of anilines is 1. The molecular formula is C9H13N5. The molecule has 14 heavy (non-hydrogen) atoms. The van der Waals surface area contributed by atoms with E-state index in [1.165, 1.54) is 5.56 Å². The Morgan fingerprint density at radius 3 is 3.07 bits per heavy atom. The van der Waals surface area contributed by atoms with Crippen LogP contribution in [-0.4, -0.2) is 26.8 Å². The standard InChI is InChI=1S/C9H13N5/c1-7-8(5-12-13-7)6-14-4-3-11-9(14)10-2/h3-5H,6H2,1-2H3,(H,10,11)(H,12,13). The minimum atomic E-state index is 0.790. The molecule has 0 aliphatic rings. The van der Waals surface area contributed by atoms with Crippen LogP contribution in [0.2, 0.25) is 0 Å². The van der Waals surface area contributed by atoms with Crippen molar-refractivity contribution in [2.45, 2.75) is 13.5 Å². The summed E-state index contributed by atoms with van der Waals surface area (Å²) in [6.45, 7) is 2.80. The molecule has 5 nitrogen and oxygen atoms in total. The van der Waals surface area contributed by atoms with Gasteiger partial charge in [-0.05, 0) is 6.92 Å². The van der Waals surface area contributed by atoms with E-state index >= 15 is 0 Å². The first-order valence-electron chi connectivity index (χ1n) is 4.49. The summed E-state index contributed by atoms with van der Waals surface area (Å²) < 4.78 is 2.04. The van der Waals surface area contributed by atoms with Crippen molar-refractivity contribution < 1.29 is 0 Å². The van der Waals surface area contributed by atoms with Crippen LogP contribution in [0.25, 0.3) is 0 Å². The maximum atomic E-state index is 4.17. The van der Waals surface area contributed by atoms with Gasteiger partial charge < -0.3 is 9.88 Å². The maximum Gasteiger partial charge on any atom is 0.202 e. The zero-order chi connectivity index (χ0) is 9.97. The Hall–Kier alpha value is -1.78. The molecule has 0 amide bonds. The van der Waals surface area contributed by atoms with E-state index in [2.05, 4.69) is 20.5 Å². The van der Waals surface area contributed by atoms with E-state index in [0.29, 0.717) is 0 Å². The monoisotopic (exact) mass is 191 g/mol. The Balaban J connectivity index is 2.22. The molecule has 2 N–H and O–H groups in total. The second-order valence-corrected chi connectivity index (χ2v) is 3.15. The molecule has 0 unspecified atom stereocenters. The van der Waals surface area contributed by atoms with Crippen molar-refractivity contribution in [1.29, 1.82) is 0 Å². The van der Waals surface area contributed by atoms with Gasteiger partial charge in [-0.2, -0.15) is 5.10 Å². The summed E-state index contributed by atoms with van der Waals surface area (Å²) in [5.74, 6) is 0.866. The van der Waals surface area contributed by atoms with E-state index in [-0.39, 0.29) is 0 Å². The van der Waals surface area contributed by atoms with Gasteiger partial charge in [0.05, 0.1) is 12.7 Å². The first-order valence-corrected chi connectivity index (χ1v) is 4.49. The first kappa shape index (κ1) is 8.80. The van der Waals surface area contributed by atoms with Crippen LogP contribution in [0.1, 0.15) is 11.3 Å². The second kappa shape index (κ2) is 3.53. The Labute approximate surface area is 82.2 Å². The van der Waals surface area contributed by atoms with Gasteiger partial charge in [0.15, 0.2) is 0 Å². The van der Waals surface area contributed by atoms with Gasteiger partial charge >= 0.3 is 0 Å². The zero-order valence-electron chi connectivity index (χ0n) is 8.28. The minimum Gasteiger partial charge on any atom is -0.359 e. The number of hydrogen-bond donors (Lipinski definition) is 2. The van der Waals surface area contributed by atoms with E-state index < -0.39 is 0 Å². The molecule has 0 aliphatic carbocycles. The van der Waals surface area contributed by atoms with Gasteiger partial charge in [0.25, 0.3) is 0 Å². The van der Waals surface area contributed by atoms with E-state index in [0.717, 1.165) is 18.2 Å². The predicted octanol–water partition coefficient (Wildman–Crippen LogP) is 1.00. The average Bonchev–Trinajstić information content (AvgIpc) is 2.77. The molecule has 0 saturated carbocycles. The third-order valence-corrected chi connectivity index (χ3v) is 2.21. The van der Waals surface area contributed by atoms with Gasteiger partial charge in [-0.25, -0.2) is 4.98 Å². The fourth-order valence-corrected chi connectivity index (χ4v) is 1.38. The quantitative estimate of drug-likeness (QED) is 0.761. The topological polar surface area (TPSA) is 58.5 Å². The SMILES string of the molecule is CNc1nccn1Cc1cn[nH]c1C. The number of nitrogens with one attached hydrogen (secondary N) is 2. The Kier molecular flexibility index (Phi) is 2.22. The highest BCUT2D eigenvalue weighted by Crippen LogP contribution is 2.09. The summed E-state index contributed by atoms with van der Waals surface area (Å²) in [4.78, 5) is 4.17. The molecule has 0 fully saturated rings. The van der Waals surface area contributed by atoms with Gasteiger partial charge in [0.2, 0.25) is 5.95 Å². The second-order valence-electron chi connectivity index (χ2n) is 3.15. The van der Waals surface area contributed by atoms with E-state index in [1.54, 1.807) is 6.20 Å². The third-order valence-electron chi connectivity index (χ3n) is 2.21. The molecule has 0 saturated heterocycles. The normalized spacial score (nSPS) is 10.4. The molecule has 2 heterocycles. The molecule has 0 aliphatic heterocycles. The summed E-state index contributed by atoms with van der Waals surface area (Å²) in [6, 6.07) is 0. The van der Waals surface area contributed by atoms with Crippen LogP contribution in [0.3, 0.4) is 0 Å². The largest absolute Gasteiger partial charge is 0.359 e. The molecule has 2 aromatic rings. The first-order chi connectivity index (χ1) is 6.81. The van der Waals surface area contributed by atoms with Crippen LogP contribution in [0.4, 0.5) is 5.95 Å². The fourth-order valence-electron chi connectivity index (χ4n) is 1.38. The molecule has 2 aromatic heterocycles. The minimum absolute atomic E-state index is 0.790. The van der Waals surface area contributed by atoms with Crippen LogP contribution in [0.15, 0.2) is 18.6 Å². The highest BCUT2D eigenvalue weighted by atomic mass is 15.2. The Morgan fingerprint density at radius 2 is 2.43 bits per heavy atom. The molecule has 0 aromatic carbocycles. The number of rotatable bonds is 3. The van der Waals surface area contributed by atoms with Crippen LogP contribution < -0.4 is 5.32 Å². The van der Waals surface area contributed by atoms with E-state index in [1.807, 2.05) is 30.9 Å². The number of aromatic amines is 1. The van der Waals surface area contributed by atoms with Crippen molar-refractivity contribution in [1.82, 2.24) is 19.7 Å². The van der Waals surface area contributed by atoms with E-state index in [9.17, 15) is 0 Å². The van der Waals surface area contributed by atoms with Crippen molar-refractivity contribution in [3.05, 3.63) is 29.8 Å². The van der Waals surface area contributed by atoms with Crippen LogP contribution >= 0.6 is 0 Å².